The molecule has 0 saturated heterocycles. The number of allylic oxidation sites excluding steroid dienone is 2. The second-order valence-electron chi connectivity index (χ2n) is 10.8. The van der Waals surface area contributed by atoms with Crippen molar-refractivity contribution in [2.45, 2.75) is 128 Å². The number of hydrogen-bond acceptors (Lipinski definition) is 5. The Morgan fingerprint density at radius 3 is 2.49 bits per heavy atom. The summed E-state index contributed by atoms with van der Waals surface area (Å²) in [5.41, 5.74) is -1.69. The van der Waals surface area contributed by atoms with Crippen LogP contribution in [0.5, 0.6) is 0 Å². The summed E-state index contributed by atoms with van der Waals surface area (Å²) in [5, 5.41) is 29.2. The Morgan fingerprint density at radius 1 is 1.09 bits per heavy atom. The molecule has 35 heavy (non-hydrogen) atoms. The molecule has 202 valence electrons. The van der Waals surface area contributed by atoms with Crippen molar-refractivity contribution < 1.29 is 29.6 Å². The van der Waals surface area contributed by atoms with E-state index in [0.717, 1.165) is 31.6 Å². The first-order chi connectivity index (χ1) is 16.9. The lowest BCUT2D eigenvalue weighted by Crippen LogP contribution is -2.52. The molecule has 6 heteroatoms. The number of carbonyl (C=O) groups excluding carboxylic acids is 1. The third-order valence-electron chi connectivity index (χ3n) is 8.36. The minimum absolute atomic E-state index is 0.0517. The fourth-order valence-electron chi connectivity index (χ4n) is 6.11. The highest BCUT2D eigenvalue weighted by Gasteiger charge is 2.45. The second kappa shape index (κ2) is 16.5. The molecule has 4 atom stereocenters. The Morgan fingerprint density at radius 2 is 1.80 bits per heavy atom. The molecule has 0 bridgehead atoms. The first-order valence-corrected chi connectivity index (χ1v) is 14.3. The van der Waals surface area contributed by atoms with Crippen molar-refractivity contribution in [3.8, 4) is 0 Å². The van der Waals surface area contributed by atoms with Crippen molar-refractivity contribution in [1.29, 1.82) is 0 Å². The molecule has 0 spiro atoms. The monoisotopic (exact) mass is 494 g/mol. The minimum Gasteiger partial charge on any atom is -0.479 e. The van der Waals surface area contributed by atoms with Gasteiger partial charge in [-0.3, -0.25) is 4.79 Å². The van der Waals surface area contributed by atoms with Crippen LogP contribution in [-0.4, -0.2) is 52.0 Å². The molecule has 6 nitrogen and oxygen atoms in total. The van der Waals surface area contributed by atoms with Gasteiger partial charge in [0.15, 0.2) is 5.60 Å². The Hall–Kier alpha value is -1.24. The predicted octanol–water partition coefficient (Wildman–Crippen LogP) is 5.83. The first-order valence-electron chi connectivity index (χ1n) is 14.3. The lowest BCUT2D eigenvalue weighted by molar-refractivity contribution is -0.186. The highest BCUT2D eigenvalue weighted by atomic mass is 16.5. The summed E-state index contributed by atoms with van der Waals surface area (Å²) in [7, 11) is 0. The van der Waals surface area contributed by atoms with Crippen LogP contribution in [0.15, 0.2) is 12.2 Å². The van der Waals surface area contributed by atoms with Gasteiger partial charge in [-0.25, -0.2) is 4.79 Å². The quantitative estimate of drug-likeness (QED) is 0.154. The van der Waals surface area contributed by atoms with E-state index < -0.39 is 17.7 Å². The fraction of sp³-hybridized carbons (Fsp3) is 0.862. The first kappa shape index (κ1) is 30.0. The molecule has 0 radical (unpaired) electrons. The SMILES string of the molecule is CCC(OCCO)(C(=O)O)C(O)CCCC[C@H]1C(=O)CC[C@@H]1C=CCCCCCCC1CCCC1. The van der Waals surface area contributed by atoms with E-state index in [1.807, 2.05) is 0 Å². The number of aliphatic carboxylic acids is 1. The average Bonchev–Trinajstić information content (AvgIpc) is 3.49. The fourth-order valence-corrected chi connectivity index (χ4v) is 6.11. The van der Waals surface area contributed by atoms with Gasteiger partial charge < -0.3 is 20.1 Å². The van der Waals surface area contributed by atoms with Crippen molar-refractivity contribution in [3.05, 3.63) is 12.2 Å². The maximum absolute atomic E-state index is 12.4. The van der Waals surface area contributed by atoms with Crippen LogP contribution in [0.25, 0.3) is 0 Å². The Bertz CT molecular complexity index is 641. The van der Waals surface area contributed by atoms with Gasteiger partial charge in [0.05, 0.1) is 19.3 Å². The van der Waals surface area contributed by atoms with E-state index in [2.05, 4.69) is 12.2 Å². The average molecular weight is 495 g/mol. The maximum atomic E-state index is 12.4. The number of aliphatic hydroxyl groups is 2. The van der Waals surface area contributed by atoms with Gasteiger partial charge in [-0.15, -0.1) is 0 Å². The molecule has 0 aromatic carbocycles. The molecule has 2 unspecified atom stereocenters. The van der Waals surface area contributed by atoms with Crippen LogP contribution in [0, 0.1) is 17.8 Å². The molecule has 2 rings (SSSR count). The highest BCUT2D eigenvalue weighted by Crippen LogP contribution is 2.35. The van der Waals surface area contributed by atoms with Gasteiger partial charge in [-0.1, -0.05) is 83.3 Å². The molecule has 0 aromatic heterocycles. The van der Waals surface area contributed by atoms with Gasteiger partial charge in [0, 0.05) is 12.3 Å². The molecule has 0 aromatic rings. The zero-order valence-electron chi connectivity index (χ0n) is 22.0. The van der Waals surface area contributed by atoms with Gasteiger partial charge in [0.2, 0.25) is 0 Å². The summed E-state index contributed by atoms with van der Waals surface area (Å²) in [6.07, 6.45) is 21.1. The van der Waals surface area contributed by atoms with Gasteiger partial charge >= 0.3 is 5.97 Å². The highest BCUT2D eigenvalue weighted by molar-refractivity contribution is 5.83. The molecule has 3 N–H and O–H groups in total. The number of hydrogen-bond donors (Lipinski definition) is 3. The van der Waals surface area contributed by atoms with Crippen LogP contribution < -0.4 is 0 Å². The standard InChI is InChI=1S/C29H50O6/c1-2-29(28(33)34,35-22-21-30)27(32)18-12-11-17-25-24(19-20-26(25)31)16-8-6-4-3-5-7-13-23-14-9-10-15-23/h8,16,23-25,27,30,32H,2-7,9-15,17-22H2,1H3,(H,33,34)/t24-,25+,27?,29?/m0/s1. The van der Waals surface area contributed by atoms with Crippen LogP contribution in [0.4, 0.5) is 0 Å². The molecular weight excluding hydrogens is 444 g/mol. The zero-order valence-corrected chi connectivity index (χ0v) is 22.0. The molecule has 2 saturated carbocycles. The van der Waals surface area contributed by atoms with E-state index in [1.165, 1.54) is 57.8 Å². The van der Waals surface area contributed by atoms with Crippen LogP contribution in [0.3, 0.4) is 0 Å². The van der Waals surface area contributed by atoms with Crippen LogP contribution in [-0.2, 0) is 14.3 Å². The van der Waals surface area contributed by atoms with Crippen molar-refractivity contribution in [1.82, 2.24) is 0 Å². The van der Waals surface area contributed by atoms with Crippen molar-refractivity contribution in [2.24, 2.45) is 17.8 Å². The van der Waals surface area contributed by atoms with E-state index >= 15 is 0 Å². The summed E-state index contributed by atoms with van der Waals surface area (Å²) in [5.74, 6) is 0.506. The number of Topliss-reactive ketones (excluding diaryl/α,β-unsaturated/α-hetero) is 1. The Labute approximate surface area is 212 Å². The number of rotatable bonds is 19. The number of carbonyl (C=O) groups is 2. The zero-order chi connectivity index (χ0) is 25.5. The van der Waals surface area contributed by atoms with E-state index in [0.29, 0.717) is 31.0 Å². The van der Waals surface area contributed by atoms with Gasteiger partial charge in [0.1, 0.15) is 5.78 Å². The number of ketones is 1. The van der Waals surface area contributed by atoms with Crippen LogP contribution in [0.1, 0.15) is 116 Å². The second-order valence-corrected chi connectivity index (χ2v) is 10.8. The van der Waals surface area contributed by atoms with E-state index in [-0.39, 0.29) is 25.6 Å². The molecule has 2 aliphatic carbocycles. The normalized spacial score (nSPS) is 23.8. The topological polar surface area (TPSA) is 104 Å². The largest absolute Gasteiger partial charge is 0.479 e. The third-order valence-corrected chi connectivity index (χ3v) is 8.36. The molecule has 2 aliphatic rings. The minimum atomic E-state index is -1.69. The number of unbranched alkanes of at least 4 members (excludes halogenated alkanes) is 5. The van der Waals surface area contributed by atoms with Crippen LogP contribution in [0.2, 0.25) is 0 Å². The molecule has 0 amide bonds. The number of ether oxygens (including phenoxy) is 1. The van der Waals surface area contributed by atoms with E-state index in [1.54, 1.807) is 6.92 Å². The summed E-state index contributed by atoms with van der Waals surface area (Å²) in [4.78, 5) is 24.2. The Balaban J connectivity index is 1.65. The summed E-state index contributed by atoms with van der Waals surface area (Å²) >= 11 is 0. The molecular formula is C29H50O6. The molecule has 0 aliphatic heterocycles. The van der Waals surface area contributed by atoms with Crippen LogP contribution >= 0.6 is 0 Å². The Kier molecular flexibility index (Phi) is 14.1. The smallest absolute Gasteiger partial charge is 0.338 e. The summed E-state index contributed by atoms with van der Waals surface area (Å²) < 4.78 is 5.36. The van der Waals surface area contributed by atoms with Gasteiger partial charge in [0.25, 0.3) is 0 Å². The summed E-state index contributed by atoms with van der Waals surface area (Å²) in [6.45, 7) is 1.25. The van der Waals surface area contributed by atoms with Crippen molar-refractivity contribution in [3.63, 3.8) is 0 Å². The molecule has 2 fully saturated rings. The van der Waals surface area contributed by atoms with E-state index in [9.17, 15) is 19.8 Å². The number of carboxylic acid groups (broad SMARTS) is 1. The maximum Gasteiger partial charge on any atom is 0.338 e. The van der Waals surface area contributed by atoms with Gasteiger partial charge in [-0.05, 0) is 50.4 Å². The summed E-state index contributed by atoms with van der Waals surface area (Å²) in [6, 6.07) is 0. The third kappa shape index (κ3) is 9.62. The number of carboxylic acids is 1. The predicted molar refractivity (Wildman–Crippen MR) is 138 cm³/mol. The lowest BCUT2D eigenvalue weighted by atomic mass is 9.87. The van der Waals surface area contributed by atoms with Gasteiger partial charge in [-0.2, -0.15) is 0 Å². The van der Waals surface area contributed by atoms with Crippen molar-refractivity contribution >= 4 is 11.8 Å². The van der Waals surface area contributed by atoms with E-state index in [4.69, 9.17) is 9.84 Å². The molecule has 0 heterocycles. The number of aliphatic hydroxyl groups excluding tert-OH is 2. The van der Waals surface area contributed by atoms with Crippen molar-refractivity contribution in [2.75, 3.05) is 13.2 Å². The lowest BCUT2D eigenvalue weighted by Gasteiger charge is -2.33.